The molecule has 9 heteroatoms. The molecule has 1 amide bonds. The number of amides is 1. The molecule has 0 fully saturated rings. The summed E-state index contributed by atoms with van der Waals surface area (Å²) in [6.45, 7) is 1.79. The van der Waals surface area contributed by atoms with Crippen LogP contribution in [0.15, 0.2) is 48.5 Å². The van der Waals surface area contributed by atoms with E-state index in [4.69, 9.17) is 0 Å². The van der Waals surface area contributed by atoms with E-state index < -0.39 is 17.7 Å². The Morgan fingerprint density at radius 1 is 1.13 bits per heavy atom. The van der Waals surface area contributed by atoms with Crippen molar-refractivity contribution in [2.75, 3.05) is 5.32 Å². The Bertz CT molecular complexity index is 1330. The van der Waals surface area contributed by atoms with Gasteiger partial charge >= 0.3 is 6.18 Å². The second-order valence-electron chi connectivity index (χ2n) is 7.65. The van der Waals surface area contributed by atoms with Gasteiger partial charge in [0, 0.05) is 24.9 Å². The zero-order valence-corrected chi connectivity index (χ0v) is 16.7. The van der Waals surface area contributed by atoms with E-state index in [-0.39, 0.29) is 12.3 Å². The Morgan fingerprint density at radius 3 is 2.65 bits per heavy atom. The molecule has 1 aliphatic rings. The fourth-order valence-corrected chi connectivity index (χ4v) is 4.23. The number of imidazole rings is 1. The largest absolute Gasteiger partial charge is 0.416 e. The first kappa shape index (κ1) is 19.3. The molecule has 0 radical (unpaired) electrons. The highest BCUT2D eigenvalue weighted by Crippen LogP contribution is 2.41. The molecule has 1 unspecified atom stereocenters. The summed E-state index contributed by atoms with van der Waals surface area (Å²) in [7, 11) is 1.85. The standard InChI is InChI=1S/C22H18F3N5O/c1-12-19-15(13-6-5-7-14(10-13)22(23,24)25)11-18(31)27-20(19)30(28-12)21-26-16-8-3-4-9-17(16)29(21)2/h3-10,15H,11H2,1-2H3,(H,27,31). The topological polar surface area (TPSA) is 64.7 Å². The first-order valence-corrected chi connectivity index (χ1v) is 9.72. The lowest BCUT2D eigenvalue weighted by Gasteiger charge is -2.24. The molecule has 0 saturated heterocycles. The maximum Gasteiger partial charge on any atom is 0.416 e. The van der Waals surface area contributed by atoms with E-state index >= 15 is 0 Å². The highest BCUT2D eigenvalue weighted by Gasteiger charge is 2.36. The van der Waals surface area contributed by atoms with Crippen molar-refractivity contribution < 1.29 is 18.0 Å². The second-order valence-corrected chi connectivity index (χ2v) is 7.65. The molecule has 2 aromatic carbocycles. The molecule has 2 aromatic heterocycles. The van der Waals surface area contributed by atoms with Gasteiger partial charge in [0.1, 0.15) is 5.82 Å². The Morgan fingerprint density at radius 2 is 1.90 bits per heavy atom. The Labute approximate surface area is 175 Å². The number of hydrogen-bond acceptors (Lipinski definition) is 3. The average molecular weight is 425 g/mol. The fourth-order valence-electron chi connectivity index (χ4n) is 4.23. The van der Waals surface area contributed by atoms with Gasteiger partial charge in [-0.3, -0.25) is 4.79 Å². The lowest BCUT2D eigenvalue weighted by molar-refractivity contribution is -0.137. The number of nitrogens with zero attached hydrogens (tertiary/aromatic N) is 4. The number of rotatable bonds is 2. The van der Waals surface area contributed by atoms with Crippen LogP contribution in [0.2, 0.25) is 0 Å². The number of aromatic nitrogens is 4. The van der Waals surface area contributed by atoms with Gasteiger partial charge in [-0.1, -0.05) is 30.3 Å². The van der Waals surface area contributed by atoms with Crippen molar-refractivity contribution in [1.29, 1.82) is 0 Å². The Balaban J connectivity index is 1.68. The number of hydrogen-bond donors (Lipinski definition) is 1. The van der Waals surface area contributed by atoms with Gasteiger partial charge in [0.25, 0.3) is 0 Å². The van der Waals surface area contributed by atoms with Crippen molar-refractivity contribution >= 4 is 22.8 Å². The number of nitrogens with one attached hydrogen (secondary N) is 1. The van der Waals surface area contributed by atoms with Crippen LogP contribution in [0.25, 0.3) is 17.0 Å². The minimum absolute atomic E-state index is 0.0450. The SMILES string of the molecule is Cc1nn(-c2nc3ccccc3n2C)c2c1C(c1cccc(C(F)(F)F)c1)CC(=O)N2. The van der Waals surface area contributed by atoms with E-state index in [9.17, 15) is 18.0 Å². The van der Waals surface area contributed by atoms with Gasteiger partial charge in [-0.15, -0.1) is 0 Å². The second kappa shape index (κ2) is 6.69. The number of benzene rings is 2. The fraction of sp³-hybridized carbons (Fsp3) is 0.227. The summed E-state index contributed by atoms with van der Waals surface area (Å²) in [4.78, 5) is 17.2. The van der Waals surface area contributed by atoms with Crippen molar-refractivity contribution in [2.24, 2.45) is 7.05 Å². The number of carbonyl (C=O) groups excluding carboxylic acids is 1. The van der Waals surface area contributed by atoms with Gasteiger partial charge in [0.15, 0.2) is 0 Å². The zero-order chi connectivity index (χ0) is 21.9. The van der Waals surface area contributed by atoms with Crippen LogP contribution in [0.5, 0.6) is 0 Å². The molecule has 0 aliphatic carbocycles. The van der Waals surface area contributed by atoms with Crippen molar-refractivity contribution in [1.82, 2.24) is 19.3 Å². The predicted octanol–water partition coefficient (Wildman–Crippen LogP) is 4.56. The number of halogens is 3. The van der Waals surface area contributed by atoms with Crippen LogP contribution >= 0.6 is 0 Å². The van der Waals surface area contributed by atoms with Crippen molar-refractivity contribution in [3.05, 3.63) is 70.9 Å². The molecule has 0 bridgehead atoms. The van der Waals surface area contributed by atoms with E-state index in [0.717, 1.165) is 23.2 Å². The number of fused-ring (bicyclic) bond motifs is 2. The van der Waals surface area contributed by atoms with E-state index in [2.05, 4.69) is 15.4 Å². The monoisotopic (exact) mass is 425 g/mol. The van der Waals surface area contributed by atoms with Crippen LogP contribution in [0, 0.1) is 6.92 Å². The summed E-state index contributed by atoms with van der Waals surface area (Å²) >= 11 is 0. The van der Waals surface area contributed by atoms with Crippen LogP contribution in [0.3, 0.4) is 0 Å². The van der Waals surface area contributed by atoms with Gasteiger partial charge in [-0.05, 0) is 30.7 Å². The van der Waals surface area contributed by atoms with Gasteiger partial charge in [0.05, 0.1) is 22.3 Å². The number of para-hydroxylation sites is 2. The molecular formula is C22H18F3N5O. The number of alkyl halides is 3. The van der Waals surface area contributed by atoms with Crippen LogP contribution in [0.4, 0.5) is 19.0 Å². The van der Waals surface area contributed by atoms with Gasteiger partial charge in [0.2, 0.25) is 11.9 Å². The van der Waals surface area contributed by atoms with Crippen molar-refractivity contribution in [3.8, 4) is 5.95 Å². The Hall–Kier alpha value is -3.62. The van der Waals surface area contributed by atoms with E-state index in [1.54, 1.807) is 17.7 Å². The van der Waals surface area contributed by atoms with Crippen LogP contribution < -0.4 is 5.32 Å². The molecule has 6 nitrogen and oxygen atoms in total. The summed E-state index contributed by atoms with van der Waals surface area (Å²) in [5.41, 5.74) is 2.70. The first-order chi connectivity index (χ1) is 14.7. The maximum atomic E-state index is 13.3. The minimum Gasteiger partial charge on any atom is -0.311 e. The molecule has 158 valence electrons. The molecule has 1 N–H and O–H groups in total. The molecule has 4 aromatic rings. The molecule has 31 heavy (non-hydrogen) atoms. The minimum atomic E-state index is -4.46. The Kier molecular flexibility index (Phi) is 4.18. The molecule has 5 rings (SSSR count). The first-order valence-electron chi connectivity index (χ1n) is 9.72. The summed E-state index contributed by atoms with van der Waals surface area (Å²) in [5, 5.41) is 7.45. The van der Waals surface area contributed by atoms with Crippen molar-refractivity contribution in [3.63, 3.8) is 0 Å². The van der Waals surface area contributed by atoms with Gasteiger partial charge in [-0.25, -0.2) is 4.98 Å². The average Bonchev–Trinajstić information content (AvgIpc) is 3.24. The molecule has 1 atom stereocenters. The molecule has 0 spiro atoms. The maximum absolute atomic E-state index is 13.3. The quantitative estimate of drug-likeness (QED) is 0.512. The van der Waals surface area contributed by atoms with Crippen LogP contribution in [0.1, 0.15) is 34.7 Å². The highest BCUT2D eigenvalue weighted by molar-refractivity contribution is 5.95. The van der Waals surface area contributed by atoms with E-state index in [1.807, 2.05) is 35.9 Å². The van der Waals surface area contributed by atoms with E-state index in [1.165, 1.54) is 6.07 Å². The summed E-state index contributed by atoms with van der Waals surface area (Å²) in [5.74, 6) is 0.134. The lowest BCUT2D eigenvalue weighted by Crippen LogP contribution is -2.25. The molecular weight excluding hydrogens is 407 g/mol. The highest BCUT2D eigenvalue weighted by atomic mass is 19.4. The third-order valence-electron chi connectivity index (χ3n) is 5.67. The predicted molar refractivity (Wildman–Crippen MR) is 109 cm³/mol. The third-order valence-corrected chi connectivity index (χ3v) is 5.67. The molecule has 0 saturated carbocycles. The number of anilines is 1. The molecule has 1 aliphatic heterocycles. The molecule has 3 heterocycles. The van der Waals surface area contributed by atoms with E-state index in [0.29, 0.717) is 28.6 Å². The van der Waals surface area contributed by atoms with Gasteiger partial charge in [-0.2, -0.15) is 23.0 Å². The van der Waals surface area contributed by atoms with Crippen LogP contribution in [-0.4, -0.2) is 25.2 Å². The van der Waals surface area contributed by atoms with Crippen LogP contribution in [-0.2, 0) is 18.0 Å². The third kappa shape index (κ3) is 3.08. The lowest BCUT2D eigenvalue weighted by atomic mass is 9.85. The number of aryl methyl sites for hydroxylation is 2. The summed E-state index contributed by atoms with van der Waals surface area (Å²) in [6.07, 6.45) is -4.41. The normalized spacial score (nSPS) is 16.4. The smallest absolute Gasteiger partial charge is 0.311 e. The number of carbonyl (C=O) groups is 1. The summed E-state index contributed by atoms with van der Waals surface area (Å²) < 4.78 is 43.2. The van der Waals surface area contributed by atoms with Gasteiger partial charge < -0.3 is 9.88 Å². The summed E-state index contributed by atoms with van der Waals surface area (Å²) in [6, 6.07) is 12.7. The zero-order valence-electron chi connectivity index (χ0n) is 16.7. The van der Waals surface area contributed by atoms with Crippen molar-refractivity contribution in [2.45, 2.75) is 25.4 Å².